The van der Waals surface area contributed by atoms with Gasteiger partial charge in [-0.2, -0.15) is 30.0 Å². The second-order valence-electron chi connectivity index (χ2n) is 43.4. The van der Waals surface area contributed by atoms with Gasteiger partial charge in [-0.25, -0.2) is 4.90 Å². The molecule has 9 heterocycles. The smallest absolute Gasteiger partial charge is 0.252 e. The number of fused-ring (bicyclic) bond motifs is 16. The molecule has 4 aromatic heterocycles. The van der Waals surface area contributed by atoms with E-state index in [1.807, 2.05) is 4.90 Å². The fraction of sp³-hybridized carbons (Fsp3) is 0.200. The Balaban J connectivity index is 0.851. The number of hydrogen-bond acceptors (Lipinski definition) is 9. The summed E-state index contributed by atoms with van der Waals surface area (Å²) >= 11 is 0. The van der Waals surface area contributed by atoms with Crippen molar-refractivity contribution in [3.63, 3.8) is 0 Å². The number of aliphatic imine (C=N–C) groups is 6. The molecule has 0 radical (unpaired) electrons. The number of hydrogen-bond donors (Lipinski definition) is 0. The first-order valence-electron chi connectivity index (χ1n) is 47.2. The van der Waals surface area contributed by atoms with Crippen LogP contribution in [0.2, 0.25) is 0 Å². The van der Waals surface area contributed by atoms with Gasteiger partial charge in [0.15, 0.2) is 5.84 Å². The van der Waals surface area contributed by atoms with Crippen LogP contribution in [0.25, 0.3) is 121 Å². The van der Waals surface area contributed by atoms with Crippen LogP contribution >= 0.6 is 0 Å². The molecule has 134 heavy (non-hydrogen) atoms. The molecule has 19 aromatic rings. The monoisotopic (exact) mass is 1740 g/mol. The summed E-state index contributed by atoms with van der Waals surface area (Å²) in [5, 5.41) is 9.18. The van der Waals surface area contributed by atoms with Crippen molar-refractivity contribution >= 4 is 180 Å². The molecule has 0 amide bonds. The van der Waals surface area contributed by atoms with Gasteiger partial charge in [0.2, 0.25) is 29.8 Å². The fourth-order valence-corrected chi connectivity index (χ4v) is 21.3. The number of aromatic nitrogens is 4. The second-order valence-corrected chi connectivity index (χ2v) is 43.4. The topological polar surface area (TPSA) is 104 Å². The number of amidine groups is 1. The second kappa shape index (κ2) is 29.2. The zero-order valence-electron chi connectivity index (χ0n) is 79.4. The summed E-state index contributed by atoms with van der Waals surface area (Å²) in [5.41, 5.74) is 31.6. The Morgan fingerprint density at radius 1 is 0.201 bits per heavy atom. The molecule has 654 valence electrons. The molecular weight excluding hydrogens is 1630 g/mol. The zero-order chi connectivity index (χ0) is 92.0. The molecule has 0 unspecified atom stereocenters. The predicted octanol–water partition coefficient (Wildman–Crippen LogP) is 28.3. The normalized spacial score (nSPS) is 14.7. The van der Waals surface area contributed by atoms with Crippen molar-refractivity contribution in [3.05, 3.63) is 354 Å². The number of nitrogens with zero attached hydrogens (tertiary/aromatic N) is 13. The Morgan fingerprint density at radius 2 is 0.493 bits per heavy atom. The highest BCUT2D eigenvalue weighted by atomic mass is 15.5. The molecular formula is C120H106BN13. The van der Waals surface area contributed by atoms with E-state index in [0.717, 1.165) is 155 Å². The Kier molecular flexibility index (Phi) is 17.9. The van der Waals surface area contributed by atoms with Crippen LogP contribution < -0.4 is 26.2 Å². The predicted molar refractivity (Wildman–Crippen MR) is 567 cm³/mol. The SMILES string of the molecule is CC(C)(C)c1ccc(N2c3cc(-n4c5ccc(C(C)(C)C)cc5c5cc(C(C)(C)C)ccc54)ccc3B3c4ccc(-n5c6ccc(C(C)(C)C)cc6c6cc(C(C)(C)C)ccc65)cc4N(c4ccc(C(C)(C)C)cc4-c4ccccc4)c4cc(C5=NC6=NC(n7c8ccccc8c8ccccc87)=NC7=NC(n8c9ccccc9c9ccccc98)=NC(=N5)N67)cc2c43)c(-c2ccccc2)c1. The molecule has 14 heteroatoms. The van der Waals surface area contributed by atoms with Crippen LogP contribution in [0.5, 0.6) is 0 Å². The summed E-state index contributed by atoms with van der Waals surface area (Å²) < 4.78 is 9.38. The van der Waals surface area contributed by atoms with Gasteiger partial charge < -0.3 is 18.9 Å². The van der Waals surface area contributed by atoms with Crippen LogP contribution in [0, 0.1) is 0 Å². The first kappa shape index (κ1) is 82.2. The molecule has 0 spiro atoms. The fourth-order valence-electron chi connectivity index (χ4n) is 21.3. The molecule has 5 aliphatic heterocycles. The Hall–Kier alpha value is -15.0. The van der Waals surface area contributed by atoms with E-state index in [-0.39, 0.29) is 39.2 Å². The summed E-state index contributed by atoms with van der Waals surface area (Å²) in [5.74, 6) is 2.19. The standard InChI is InChI=1S/C120H106BN13/c1-115(2,3)74-45-55-98(86(63-74)71-33-21-19-22-34-71)130-104-69-80(128-100-57-47-76(117(7,8)9)65-88(100)89-66-77(118(10,11)12)48-58-101(89)128)51-53-92(104)121-93-54-52-81(129-102-59-49-78(119(13,14)15)67-90(102)91-68-79(120(16,17)18)50-60-103(91)129)70-105(93)131(99-56-46-75(116(4,5)6)64-87(99)72-35-23-20-24-36-72)107-62-73(61-106(130)108(107)121)109-122-110-124-112(132-94-41-29-25-37-82(94)83-38-26-30-42-95(83)132)126-114-127-113(125-111(123-109)134(110)114)133-96-43-31-27-39-84(96)85-40-28-32-44-97(85)133/h19-70H,1-18H3. The van der Waals surface area contributed by atoms with E-state index in [1.165, 1.54) is 54.9 Å². The number of anilines is 6. The lowest BCUT2D eigenvalue weighted by molar-refractivity contribution is 0.590. The average molecular weight is 1740 g/mol. The lowest BCUT2D eigenvalue weighted by Crippen LogP contribution is -2.61. The summed E-state index contributed by atoms with van der Waals surface area (Å²) in [4.78, 5) is 41.4. The maximum absolute atomic E-state index is 5.92. The number of guanidine groups is 3. The van der Waals surface area contributed by atoms with E-state index in [4.69, 9.17) is 30.0 Å². The van der Waals surface area contributed by atoms with Gasteiger partial charge in [-0.05, 0) is 227 Å². The Morgan fingerprint density at radius 3 is 0.836 bits per heavy atom. The minimum absolute atomic E-state index is 0.109. The molecule has 5 aliphatic rings. The number of para-hydroxylation sites is 4. The first-order valence-corrected chi connectivity index (χ1v) is 47.2. The maximum atomic E-state index is 5.92. The van der Waals surface area contributed by atoms with Crippen molar-refractivity contribution < 1.29 is 0 Å². The van der Waals surface area contributed by atoms with Crippen molar-refractivity contribution in [2.24, 2.45) is 30.0 Å². The first-order chi connectivity index (χ1) is 64.2. The van der Waals surface area contributed by atoms with E-state index < -0.39 is 0 Å². The van der Waals surface area contributed by atoms with Gasteiger partial charge in [0.05, 0.1) is 55.5 Å². The van der Waals surface area contributed by atoms with Gasteiger partial charge in [0.25, 0.3) is 6.71 Å². The lowest BCUT2D eigenvalue weighted by Gasteiger charge is -2.45. The molecule has 0 saturated heterocycles. The minimum Gasteiger partial charge on any atom is -0.311 e. The highest BCUT2D eigenvalue weighted by Crippen LogP contribution is 2.53. The molecule has 0 saturated carbocycles. The molecule has 13 nitrogen and oxygen atoms in total. The zero-order valence-corrected chi connectivity index (χ0v) is 79.4. The molecule has 0 N–H and O–H groups in total. The summed E-state index contributed by atoms with van der Waals surface area (Å²) in [7, 11) is 0. The molecule has 0 aliphatic carbocycles. The van der Waals surface area contributed by atoms with Crippen LogP contribution in [0.3, 0.4) is 0 Å². The van der Waals surface area contributed by atoms with E-state index in [9.17, 15) is 0 Å². The highest BCUT2D eigenvalue weighted by molar-refractivity contribution is 7.00. The van der Waals surface area contributed by atoms with Crippen molar-refractivity contribution in [3.8, 4) is 33.6 Å². The molecule has 0 atom stereocenters. The minimum atomic E-state index is -0.389. The van der Waals surface area contributed by atoms with Crippen LogP contribution in [0.4, 0.5) is 34.1 Å². The highest BCUT2D eigenvalue weighted by Gasteiger charge is 2.47. The van der Waals surface area contributed by atoms with Crippen molar-refractivity contribution in [1.29, 1.82) is 0 Å². The molecule has 0 fully saturated rings. The number of benzene rings is 15. The summed E-state index contributed by atoms with van der Waals surface area (Å²) in [6.45, 7) is 41.5. The largest absolute Gasteiger partial charge is 0.311 e. The van der Waals surface area contributed by atoms with Crippen molar-refractivity contribution in [1.82, 2.24) is 23.2 Å². The molecule has 24 rings (SSSR count). The Labute approximate surface area is 783 Å². The molecule has 0 bridgehead atoms. The van der Waals surface area contributed by atoms with E-state index in [1.54, 1.807) is 0 Å². The van der Waals surface area contributed by atoms with Gasteiger partial charge in [-0.1, -0.05) is 307 Å². The third-order valence-electron chi connectivity index (χ3n) is 28.6. The van der Waals surface area contributed by atoms with Gasteiger partial charge in [-0.15, -0.1) is 0 Å². The van der Waals surface area contributed by atoms with E-state index >= 15 is 0 Å². The van der Waals surface area contributed by atoms with Gasteiger partial charge >= 0.3 is 0 Å². The quantitative estimate of drug-likeness (QED) is 0.148. The lowest BCUT2D eigenvalue weighted by atomic mass is 9.33. The van der Waals surface area contributed by atoms with Gasteiger partial charge in [0.1, 0.15) is 0 Å². The van der Waals surface area contributed by atoms with E-state index in [2.05, 4.69) is 468 Å². The van der Waals surface area contributed by atoms with Gasteiger partial charge in [0, 0.05) is 93.9 Å². The average Bonchev–Trinajstić information content (AvgIpc) is 0.979. The van der Waals surface area contributed by atoms with Crippen LogP contribution in [0.1, 0.15) is 164 Å². The van der Waals surface area contributed by atoms with E-state index in [0.29, 0.717) is 35.6 Å². The Bertz CT molecular complexity index is 7810. The number of rotatable bonds is 7. The molecule has 15 aromatic carbocycles. The third-order valence-corrected chi connectivity index (χ3v) is 28.6. The summed E-state index contributed by atoms with van der Waals surface area (Å²) in [6, 6.07) is 119. The van der Waals surface area contributed by atoms with Crippen LogP contribution in [0.15, 0.2) is 345 Å². The summed E-state index contributed by atoms with van der Waals surface area (Å²) in [6.07, 6.45) is 0. The van der Waals surface area contributed by atoms with Crippen molar-refractivity contribution in [2.45, 2.75) is 157 Å². The van der Waals surface area contributed by atoms with Crippen LogP contribution in [-0.2, 0) is 32.5 Å². The van der Waals surface area contributed by atoms with Crippen LogP contribution in [-0.4, -0.2) is 65.5 Å². The maximum Gasteiger partial charge on any atom is 0.252 e. The van der Waals surface area contributed by atoms with Gasteiger partial charge in [-0.3, -0.25) is 9.13 Å². The third kappa shape index (κ3) is 12.9. The van der Waals surface area contributed by atoms with Crippen molar-refractivity contribution in [2.75, 3.05) is 9.80 Å².